The average Bonchev–Trinajstić information content (AvgIpc) is 2.24. The molecular formula is C13H15FO3. The lowest BCUT2D eigenvalue weighted by molar-refractivity contribution is -0.147. The molecule has 0 radical (unpaired) electrons. The molecule has 1 aromatic rings. The summed E-state index contributed by atoms with van der Waals surface area (Å²) in [6, 6.07) is 4.80. The predicted molar refractivity (Wildman–Crippen MR) is 60.5 cm³/mol. The summed E-state index contributed by atoms with van der Waals surface area (Å²) in [5.41, 5.74) is 0.833. The Morgan fingerprint density at radius 3 is 2.76 bits per heavy atom. The van der Waals surface area contributed by atoms with Gasteiger partial charge in [-0.3, -0.25) is 4.79 Å². The lowest BCUT2D eigenvalue weighted by Gasteiger charge is -2.33. The van der Waals surface area contributed by atoms with Crippen LogP contribution in [-0.2, 0) is 11.2 Å². The standard InChI is InChI=1S/C13H15FO3/c1-17-12-5-2-8(7-11(12)14)6-9-3-4-10(9)13(15)16/h2,5,7,9-10H,3-4,6H2,1H3,(H,15,16). The molecule has 0 saturated heterocycles. The number of methoxy groups -OCH3 is 1. The first-order valence-corrected chi connectivity index (χ1v) is 5.67. The highest BCUT2D eigenvalue weighted by Gasteiger charge is 2.36. The van der Waals surface area contributed by atoms with E-state index >= 15 is 0 Å². The molecule has 17 heavy (non-hydrogen) atoms. The highest BCUT2D eigenvalue weighted by atomic mass is 19.1. The van der Waals surface area contributed by atoms with Crippen molar-refractivity contribution in [2.24, 2.45) is 11.8 Å². The molecule has 0 aromatic heterocycles. The Morgan fingerprint density at radius 1 is 1.53 bits per heavy atom. The van der Waals surface area contributed by atoms with Gasteiger partial charge in [-0.2, -0.15) is 0 Å². The molecule has 1 saturated carbocycles. The summed E-state index contributed by atoms with van der Waals surface area (Å²) in [4.78, 5) is 10.9. The summed E-state index contributed by atoms with van der Waals surface area (Å²) in [6.07, 6.45) is 2.27. The van der Waals surface area contributed by atoms with Gasteiger partial charge in [-0.15, -0.1) is 0 Å². The number of carboxylic acids is 1. The minimum atomic E-state index is -0.741. The summed E-state index contributed by atoms with van der Waals surface area (Å²) >= 11 is 0. The summed E-state index contributed by atoms with van der Waals surface area (Å²) < 4.78 is 18.3. The van der Waals surface area contributed by atoms with E-state index < -0.39 is 11.8 Å². The van der Waals surface area contributed by atoms with Gasteiger partial charge >= 0.3 is 5.97 Å². The summed E-state index contributed by atoms with van der Waals surface area (Å²) in [7, 11) is 1.42. The van der Waals surface area contributed by atoms with E-state index in [4.69, 9.17) is 9.84 Å². The summed E-state index contributed by atoms with van der Waals surface area (Å²) in [5.74, 6) is -1.04. The smallest absolute Gasteiger partial charge is 0.306 e. The number of aliphatic carboxylic acids is 1. The molecular weight excluding hydrogens is 223 g/mol. The van der Waals surface area contributed by atoms with E-state index in [1.54, 1.807) is 12.1 Å². The molecule has 3 nitrogen and oxygen atoms in total. The monoisotopic (exact) mass is 238 g/mol. The normalized spacial score (nSPS) is 22.9. The van der Waals surface area contributed by atoms with Crippen LogP contribution in [0.1, 0.15) is 18.4 Å². The van der Waals surface area contributed by atoms with E-state index in [9.17, 15) is 9.18 Å². The summed E-state index contributed by atoms with van der Waals surface area (Å²) in [6.45, 7) is 0. The van der Waals surface area contributed by atoms with Gasteiger partial charge in [-0.25, -0.2) is 4.39 Å². The molecule has 0 spiro atoms. The van der Waals surface area contributed by atoms with E-state index in [1.807, 2.05) is 0 Å². The number of ether oxygens (including phenoxy) is 1. The zero-order valence-electron chi connectivity index (χ0n) is 9.65. The molecule has 0 aliphatic heterocycles. The molecule has 2 unspecified atom stereocenters. The molecule has 1 aromatic carbocycles. The van der Waals surface area contributed by atoms with Gasteiger partial charge in [0.1, 0.15) is 0 Å². The van der Waals surface area contributed by atoms with Crippen LogP contribution in [0.4, 0.5) is 4.39 Å². The Bertz CT molecular complexity index is 431. The minimum Gasteiger partial charge on any atom is -0.494 e. The number of carboxylic acid groups (broad SMARTS) is 1. The van der Waals surface area contributed by atoms with Crippen molar-refractivity contribution < 1.29 is 19.0 Å². The fourth-order valence-corrected chi connectivity index (χ4v) is 2.28. The molecule has 1 aliphatic rings. The minimum absolute atomic E-state index is 0.139. The van der Waals surface area contributed by atoms with Crippen LogP contribution in [0.25, 0.3) is 0 Å². The van der Waals surface area contributed by atoms with E-state index in [2.05, 4.69) is 0 Å². The third-order valence-corrected chi connectivity index (χ3v) is 3.45. The number of benzene rings is 1. The van der Waals surface area contributed by atoms with Gasteiger partial charge in [-0.1, -0.05) is 6.07 Å². The second-order valence-electron chi connectivity index (χ2n) is 4.46. The van der Waals surface area contributed by atoms with Gasteiger partial charge in [0.2, 0.25) is 0 Å². The Hall–Kier alpha value is -1.58. The number of hydrogen-bond acceptors (Lipinski definition) is 2. The molecule has 0 heterocycles. The van der Waals surface area contributed by atoms with Crippen LogP contribution < -0.4 is 4.74 Å². The third kappa shape index (κ3) is 2.40. The van der Waals surface area contributed by atoms with Crippen molar-refractivity contribution in [3.63, 3.8) is 0 Å². The largest absolute Gasteiger partial charge is 0.494 e. The first-order valence-electron chi connectivity index (χ1n) is 5.67. The van der Waals surface area contributed by atoms with Crippen LogP contribution in [0, 0.1) is 17.7 Å². The SMILES string of the molecule is COc1ccc(CC2CCC2C(=O)O)cc1F. The van der Waals surface area contributed by atoms with Gasteiger partial charge in [0.25, 0.3) is 0 Å². The topological polar surface area (TPSA) is 46.5 Å². The third-order valence-electron chi connectivity index (χ3n) is 3.45. The molecule has 2 rings (SSSR count). The lowest BCUT2D eigenvalue weighted by Crippen LogP contribution is -2.34. The van der Waals surface area contributed by atoms with Crippen molar-refractivity contribution in [2.45, 2.75) is 19.3 Å². The van der Waals surface area contributed by atoms with Crippen LogP contribution in [0.5, 0.6) is 5.75 Å². The molecule has 1 N–H and O–H groups in total. The van der Waals surface area contributed by atoms with Crippen LogP contribution >= 0.6 is 0 Å². The van der Waals surface area contributed by atoms with Crippen molar-refractivity contribution >= 4 is 5.97 Å². The van der Waals surface area contributed by atoms with Gasteiger partial charge in [0.15, 0.2) is 11.6 Å². The zero-order chi connectivity index (χ0) is 12.4. The average molecular weight is 238 g/mol. The van der Waals surface area contributed by atoms with Crippen molar-refractivity contribution in [1.29, 1.82) is 0 Å². The van der Waals surface area contributed by atoms with Gasteiger partial charge in [0, 0.05) is 0 Å². The van der Waals surface area contributed by atoms with Crippen LogP contribution in [0.15, 0.2) is 18.2 Å². The van der Waals surface area contributed by atoms with Crippen molar-refractivity contribution in [3.05, 3.63) is 29.6 Å². The molecule has 0 amide bonds. The maximum absolute atomic E-state index is 13.4. The van der Waals surface area contributed by atoms with Crippen molar-refractivity contribution in [3.8, 4) is 5.75 Å². The van der Waals surface area contributed by atoms with E-state index in [1.165, 1.54) is 13.2 Å². The summed E-state index contributed by atoms with van der Waals surface area (Å²) in [5, 5.41) is 8.92. The van der Waals surface area contributed by atoms with Gasteiger partial charge in [0.05, 0.1) is 13.0 Å². The first-order chi connectivity index (χ1) is 8.11. The van der Waals surface area contributed by atoms with E-state index in [0.717, 1.165) is 18.4 Å². The van der Waals surface area contributed by atoms with Crippen molar-refractivity contribution in [2.75, 3.05) is 7.11 Å². The number of carbonyl (C=O) groups is 1. The number of halogens is 1. The predicted octanol–water partition coefficient (Wildman–Crippen LogP) is 2.49. The van der Waals surface area contributed by atoms with Crippen LogP contribution in [0.2, 0.25) is 0 Å². The molecule has 4 heteroatoms. The highest BCUT2D eigenvalue weighted by molar-refractivity contribution is 5.71. The second-order valence-corrected chi connectivity index (χ2v) is 4.46. The Morgan fingerprint density at radius 2 is 2.29 bits per heavy atom. The molecule has 2 atom stereocenters. The van der Waals surface area contributed by atoms with Crippen LogP contribution in [0.3, 0.4) is 0 Å². The molecule has 0 bridgehead atoms. The Balaban J connectivity index is 2.04. The van der Waals surface area contributed by atoms with E-state index in [0.29, 0.717) is 6.42 Å². The number of rotatable bonds is 4. The maximum Gasteiger partial charge on any atom is 0.306 e. The quantitative estimate of drug-likeness (QED) is 0.876. The fraction of sp³-hybridized carbons (Fsp3) is 0.462. The molecule has 1 fully saturated rings. The Kier molecular flexibility index (Phi) is 3.31. The highest BCUT2D eigenvalue weighted by Crippen LogP contribution is 2.37. The van der Waals surface area contributed by atoms with Gasteiger partial charge in [-0.05, 0) is 42.9 Å². The Labute approximate surface area is 99.2 Å². The van der Waals surface area contributed by atoms with Gasteiger partial charge < -0.3 is 9.84 Å². The maximum atomic E-state index is 13.4. The van der Waals surface area contributed by atoms with E-state index in [-0.39, 0.29) is 17.6 Å². The van der Waals surface area contributed by atoms with Crippen LogP contribution in [-0.4, -0.2) is 18.2 Å². The zero-order valence-corrected chi connectivity index (χ0v) is 9.65. The second kappa shape index (κ2) is 4.73. The first kappa shape index (κ1) is 11.9. The number of hydrogen-bond donors (Lipinski definition) is 1. The van der Waals surface area contributed by atoms with Crippen molar-refractivity contribution in [1.82, 2.24) is 0 Å². The lowest BCUT2D eigenvalue weighted by atomic mass is 9.71. The molecule has 1 aliphatic carbocycles. The fourth-order valence-electron chi connectivity index (χ4n) is 2.28. The molecule has 92 valence electrons.